The number of carbonyl (C=O) groups is 2. The highest BCUT2D eigenvalue weighted by atomic mass is 16.7. The van der Waals surface area contributed by atoms with E-state index in [1.807, 2.05) is 6.08 Å². The van der Waals surface area contributed by atoms with E-state index < -0.39 is 67.4 Å². The van der Waals surface area contributed by atoms with Gasteiger partial charge in [0.25, 0.3) is 0 Å². The maximum absolute atomic E-state index is 13.4. The van der Waals surface area contributed by atoms with Crippen LogP contribution in [-0.4, -0.2) is 99.6 Å². The smallest absolute Gasteiger partial charge is 0.306 e. The molecule has 1 fully saturated rings. The Morgan fingerprint density at radius 3 is 1.33 bits per heavy atom. The lowest BCUT2D eigenvalue weighted by Gasteiger charge is -2.41. The van der Waals surface area contributed by atoms with Crippen LogP contribution in [0, 0.1) is 0 Å². The average molecular weight is 1120 g/mol. The van der Waals surface area contributed by atoms with E-state index in [4.69, 9.17) is 14.2 Å². The zero-order valence-electron chi connectivity index (χ0n) is 51.2. The van der Waals surface area contributed by atoms with Crippen LogP contribution in [0.3, 0.4) is 0 Å². The van der Waals surface area contributed by atoms with E-state index in [0.29, 0.717) is 12.8 Å². The normalized spacial score (nSPS) is 19.1. The molecule has 11 heteroatoms. The Hall–Kier alpha value is -2.38. The van der Waals surface area contributed by atoms with Gasteiger partial charge in [-0.25, -0.2) is 0 Å². The van der Waals surface area contributed by atoms with Crippen LogP contribution in [0.15, 0.2) is 48.6 Å². The summed E-state index contributed by atoms with van der Waals surface area (Å²) in [5, 5.41) is 56.9. The summed E-state index contributed by atoms with van der Waals surface area (Å²) in [6.07, 6.45) is 58.9. The number of ether oxygens (including phenoxy) is 3. The zero-order chi connectivity index (χ0) is 57.5. The molecule has 1 aliphatic rings. The summed E-state index contributed by atoms with van der Waals surface area (Å²) in [4.78, 5) is 26.5. The van der Waals surface area contributed by atoms with Crippen molar-refractivity contribution in [2.24, 2.45) is 0 Å². The number of allylic oxidation sites excluding steroid dienone is 7. The van der Waals surface area contributed by atoms with Gasteiger partial charge in [0.05, 0.1) is 25.4 Å². The maximum Gasteiger partial charge on any atom is 0.306 e. The van der Waals surface area contributed by atoms with Gasteiger partial charge in [-0.1, -0.05) is 268 Å². The van der Waals surface area contributed by atoms with E-state index >= 15 is 0 Å². The van der Waals surface area contributed by atoms with Crippen molar-refractivity contribution in [1.29, 1.82) is 0 Å². The van der Waals surface area contributed by atoms with Crippen molar-refractivity contribution in [3.63, 3.8) is 0 Å². The first-order valence-corrected chi connectivity index (χ1v) is 33.4. The van der Waals surface area contributed by atoms with E-state index in [1.54, 1.807) is 6.08 Å². The van der Waals surface area contributed by atoms with Crippen molar-refractivity contribution < 1.29 is 49.3 Å². The molecule has 79 heavy (non-hydrogen) atoms. The molecule has 0 spiro atoms. The van der Waals surface area contributed by atoms with Crippen LogP contribution in [0.25, 0.3) is 0 Å². The molecule has 11 nitrogen and oxygen atoms in total. The number of aliphatic hydroxyl groups is 5. The topological polar surface area (TPSA) is 175 Å². The van der Waals surface area contributed by atoms with E-state index in [9.17, 15) is 35.1 Å². The van der Waals surface area contributed by atoms with Crippen molar-refractivity contribution in [1.82, 2.24) is 5.32 Å². The first-order chi connectivity index (χ1) is 38.7. The van der Waals surface area contributed by atoms with E-state index in [0.717, 1.165) is 64.2 Å². The predicted octanol–water partition coefficient (Wildman–Crippen LogP) is 16.4. The second kappa shape index (κ2) is 56.1. The molecule has 0 bridgehead atoms. The van der Waals surface area contributed by atoms with Gasteiger partial charge in [-0.3, -0.25) is 9.59 Å². The molecular weight excluding hydrogens is 991 g/mol. The highest BCUT2D eigenvalue weighted by molar-refractivity contribution is 5.80. The number of nitrogens with one attached hydrogen (secondary N) is 1. The molecule has 0 aliphatic carbocycles. The molecular formula is C68H125NO10. The summed E-state index contributed by atoms with van der Waals surface area (Å²) in [6, 6.07) is -1.03. The molecule has 0 aromatic heterocycles. The fourth-order valence-corrected chi connectivity index (χ4v) is 10.4. The third kappa shape index (κ3) is 43.9. The molecule has 1 rings (SSSR count). The van der Waals surface area contributed by atoms with Crippen LogP contribution in [0.2, 0.25) is 0 Å². The number of hydrogen-bond donors (Lipinski definition) is 6. The Morgan fingerprint density at radius 2 is 0.873 bits per heavy atom. The standard InChI is InChI=1S/C68H125NO10/c1-4-7-10-13-16-19-22-24-25-26-27-28-29-30-31-32-33-34-35-36-37-38-41-44-47-50-53-56-63(73)79-66-65(75)64(74)62(57-70)78-68(66)77-58-59(60(71)54-51-48-45-42-39-21-18-15-12-9-6-3)69-67(76)61(72)55-52-49-46-43-40-23-20-17-14-11-8-5-2/h16,19,24-25,40,43,51,54,59-62,64-66,68,70-72,74-75H,4-15,17-18,20-23,26-39,41-42,44-50,52-53,55-58H2,1-3H3,(H,69,76)/b19-16-,25-24-,43-40-,54-51+. The van der Waals surface area contributed by atoms with Crippen LogP contribution >= 0.6 is 0 Å². The summed E-state index contributed by atoms with van der Waals surface area (Å²) < 4.78 is 17.6. The fraction of sp³-hybridized carbons (Fsp3) is 0.853. The molecule has 462 valence electrons. The van der Waals surface area contributed by atoms with E-state index in [2.05, 4.69) is 62.5 Å². The highest BCUT2D eigenvalue weighted by Crippen LogP contribution is 2.26. The average Bonchev–Trinajstić information content (AvgIpc) is 3.47. The number of hydrogen-bond acceptors (Lipinski definition) is 10. The fourth-order valence-electron chi connectivity index (χ4n) is 10.4. The van der Waals surface area contributed by atoms with Crippen molar-refractivity contribution in [2.75, 3.05) is 13.2 Å². The van der Waals surface area contributed by atoms with Crippen LogP contribution < -0.4 is 5.32 Å². The van der Waals surface area contributed by atoms with Gasteiger partial charge in [0.2, 0.25) is 5.91 Å². The minimum absolute atomic E-state index is 0.124. The van der Waals surface area contributed by atoms with Gasteiger partial charge in [0.1, 0.15) is 24.4 Å². The molecule has 0 radical (unpaired) electrons. The zero-order valence-corrected chi connectivity index (χ0v) is 51.2. The van der Waals surface area contributed by atoms with Crippen molar-refractivity contribution >= 4 is 11.9 Å². The minimum atomic E-state index is -1.61. The van der Waals surface area contributed by atoms with Crippen LogP contribution in [0.5, 0.6) is 0 Å². The number of amides is 1. The monoisotopic (exact) mass is 1120 g/mol. The van der Waals surface area contributed by atoms with Crippen LogP contribution in [-0.2, 0) is 23.8 Å². The van der Waals surface area contributed by atoms with Crippen molar-refractivity contribution in [3.05, 3.63) is 48.6 Å². The molecule has 1 aliphatic heterocycles. The lowest BCUT2D eigenvalue weighted by molar-refractivity contribution is -0.305. The molecule has 1 heterocycles. The van der Waals surface area contributed by atoms with E-state index in [1.165, 1.54) is 199 Å². The molecule has 8 atom stereocenters. The number of aliphatic hydroxyl groups excluding tert-OH is 5. The van der Waals surface area contributed by atoms with Gasteiger partial charge < -0.3 is 45.1 Å². The van der Waals surface area contributed by atoms with Crippen LogP contribution in [0.4, 0.5) is 0 Å². The van der Waals surface area contributed by atoms with Gasteiger partial charge in [-0.15, -0.1) is 0 Å². The SMILES string of the molecule is CCCCC/C=C\C/C=C\CCCCCCCCCCCCCCCCCCCC(=O)OC1C(OCC(NC(=O)C(O)CCCC/C=C\CCCCCCCC)C(O)/C=C/CCCCCCCCCCC)OC(CO)C(O)C1O. The summed E-state index contributed by atoms with van der Waals surface area (Å²) in [5.74, 6) is -1.20. The first kappa shape index (κ1) is 74.6. The molecule has 0 aromatic carbocycles. The molecule has 1 amide bonds. The number of unbranched alkanes of at least 4 members (excludes halogenated alkanes) is 37. The van der Waals surface area contributed by atoms with Crippen molar-refractivity contribution in [3.8, 4) is 0 Å². The Kier molecular flexibility index (Phi) is 53.0. The largest absolute Gasteiger partial charge is 0.454 e. The molecule has 0 aromatic rings. The molecule has 8 unspecified atom stereocenters. The second-order valence-corrected chi connectivity index (χ2v) is 23.2. The summed E-state index contributed by atoms with van der Waals surface area (Å²) in [7, 11) is 0. The minimum Gasteiger partial charge on any atom is -0.454 e. The number of esters is 1. The Labute approximate surface area is 485 Å². The summed E-state index contributed by atoms with van der Waals surface area (Å²) >= 11 is 0. The Balaban J connectivity index is 2.52. The van der Waals surface area contributed by atoms with Gasteiger partial charge in [0.15, 0.2) is 12.4 Å². The third-order valence-corrected chi connectivity index (χ3v) is 15.7. The van der Waals surface area contributed by atoms with Gasteiger partial charge >= 0.3 is 5.97 Å². The van der Waals surface area contributed by atoms with Gasteiger partial charge in [-0.2, -0.15) is 0 Å². The van der Waals surface area contributed by atoms with E-state index in [-0.39, 0.29) is 19.4 Å². The van der Waals surface area contributed by atoms with Crippen LogP contribution in [0.1, 0.15) is 310 Å². The maximum atomic E-state index is 13.4. The summed E-state index contributed by atoms with van der Waals surface area (Å²) in [5.41, 5.74) is 0. The van der Waals surface area contributed by atoms with Gasteiger partial charge in [-0.05, 0) is 83.5 Å². The lowest BCUT2D eigenvalue weighted by Crippen LogP contribution is -2.61. The number of carbonyl (C=O) groups excluding carboxylic acids is 2. The Bertz CT molecular complexity index is 1470. The quantitative estimate of drug-likeness (QED) is 0.0195. The third-order valence-electron chi connectivity index (χ3n) is 15.7. The van der Waals surface area contributed by atoms with Crippen molar-refractivity contribution in [2.45, 2.75) is 359 Å². The summed E-state index contributed by atoms with van der Waals surface area (Å²) in [6.45, 7) is 5.76. The van der Waals surface area contributed by atoms with Gasteiger partial charge in [0, 0.05) is 6.42 Å². The predicted molar refractivity (Wildman–Crippen MR) is 329 cm³/mol. The molecule has 0 saturated carbocycles. The molecule has 1 saturated heterocycles. The number of rotatable bonds is 57. The highest BCUT2D eigenvalue weighted by Gasteiger charge is 2.47. The first-order valence-electron chi connectivity index (χ1n) is 33.4. The molecule has 6 N–H and O–H groups in total. The Morgan fingerprint density at radius 1 is 0.494 bits per heavy atom. The lowest BCUT2D eigenvalue weighted by atomic mass is 9.99. The second-order valence-electron chi connectivity index (χ2n) is 23.2.